The molecule has 66 valence electrons. The molecule has 4 heteroatoms. The van der Waals surface area contributed by atoms with Gasteiger partial charge in [-0.2, -0.15) is 0 Å². The lowest BCUT2D eigenvalue weighted by Gasteiger charge is -2.16. The molecule has 0 radical (unpaired) electrons. The molecule has 0 N–H and O–H groups in total. The SMILES string of the molecule is CN(C)c1c(Br)cc(Br)cc1Br. The first-order valence-corrected chi connectivity index (χ1v) is 5.72. The normalized spacial score (nSPS) is 10.1. The van der Waals surface area contributed by atoms with Crippen molar-refractivity contribution in [2.75, 3.05) is 19.0 Å². The third-order valence-corrected chi connectivity index (χ3v) is 3.10. The van der Waals surface area contributed by atoms with E-state index in [9.17, 15) is 0 Å². The number of anilines is 1. The molecule has 0 aliphatic heterocycles. The fraction of sp³-hybridized carbons (Fsp3) is 0.250. The van der Waals surface area contributed by atoms with Gasteiger partial charge < -0.3 is 4.90 Å². The van der Waals surface area contributed by atoms with Crippen LogP contribution in [0.1, 0.15) is 0 Å². The second kappa shape index (κ2) is 4.11. The summed E-state index contributed by atoms with van der Waals surface area (Å²) in [5, 5.41) is 0. The molecule has 1 nitrogen and oxygen atoms in total. The Hall–Kier alpha value is 0.460. The fourth-order valence-electron chi connectivity index (χ4n) is 0.962. The third-order valence-electron chi connectivity index (χ3n) is 1.43. The molecule has 0 atom stereocenters. The maximum Gasteiger partial charge on any atom is 0.0650 e. The third kappa shape index (κ3) is 2.24. The van der Waals surface area contributed by atoms with E-state index in [0.717, 1.165) is 19.1 Å². The predicted octanol–water partition coefficient (Wildman–Crippen LogP) is 4.04. The van der Waals surface area contributed by atoms with Gasteiger partial charge >= 0.3 is 0 Å². The molecule has 0 unspecified atom stereocenters. The summed E-state index contributed by atoms with van der Waals surface area (Å²) in [6.07, 6.45) is 0. The Morgan fingerprint density at radius 2 is 1.42 bits per heavy atom. The molecule has 0 fully saturated rings. The van der Waals surface area contributed by atoms with Crippen LogP contribution in [0.25, 0.3) is 0 Å². The van der Waals surface area contributed by atoms with Crippen LogP contribution in [0.2, 0.25) is 0 Å². The van der Waals surface area contributed by atoms with Gasteiger partial charge in [-0.1, -0.05) is 15.9 Å². The van der Waals surface area contributed by atoms with E-state index in [-0.39, 0.29) is 0 Å². The average Bonchev–Trinajstić information content (AvgIpc) is 1.82. The molecule has 0 amide bonds. The van der Waals surface area contributed by atoms with Crippen molar-refractivity contribution < 1.29 is 0 Å². The van der Waals surface area contributed by atoms with Gasteiger partial charge in [0.25, 0.3) is 0 Å². The van der Waals surface area contributed by atoms with Crippen LogP contribution in [0.5, 0.6) is 0 Å². The van der Waals surface area contributed by atoms with Gasteiger partial charge in [0.1, 0.15) is 0 Å². The van der Waals surface area contributed by atoms with Crippen LogP contribution in [0.15, 0.2) is 25.6 Å². The van der Waals surface area contributed by atoms with E-state index in [1.165, 1.54) is 0 Å². The standard InChI is InChI=1S/C8H8Br3N/c1-12(2)8-6(10)3-5(9)4-7(8)11/h3-4H,1-2H3. The highest BCUT2D eigenvalue weighted by atomic mass is 79.9. The van der Waals surface area contributed by atoms with Crippen LogP contribution < -0.4 is 4.90 Å². The van der Waals surface area contributed by atoms with Gasteiger partial charge in [0.2, 0.25) is 0 Å². The van der Waals surface area contributed by atoms with Crippen molar-refractivity contribution in [1.29, 1.82) is 0 Å². The first kappa shape index (κ1) is 10.5. The van der Waals surface area contributed by atoms with Crippen LogP contribution in [0.4, 0.5) is 5.69 Å². The minimum Gasteiger partial charge on any atom is -0.376 e. The predicted molar refractivity (Wildman–Crippen MR) is 63.9 cm³/mol. The van der Waals surface area contributed by atoms with E-state index in [1.807, 2.05) is 26.2 Å². The Morgan fingerprint density at radius 3 is 1.75 bits per heavy atom. The van der Waals surface area contributed by atoms with Gasteiger partial charge in [-0.15, -0.1) is 0 Å². The summed E-state index contributed by atoms with van der Waals surface area (Å²) in [7, 11) is 4.03. The molecule has 0 heterocycles. The lowest BCUT2D eigenvalue weighted by Crippen LogP contribution is -2.09. The van der Waals surface area contributed by atoms with Crippen molar-refractivity contribution in [3.8, 4) is 0 Å². The Labute approximate surface area is 97.5 Å². The lowest BCUT2D eigenvalue weighted by molar-refractivity contribution is 1.12. The summed E-state index contributed by atoms with van der Waals surface area (Å²) < 4.78 is 3.22. The van der Waals surface area contributed by atoms with Crippen LogP contribution in [-0.2, 0) is 0 Å². The molecule has 0 saturated heterocycles. The van der Waals surface area contributed by atoms with Gasteiger partial charge in [0, 0.05) is 27.5 Å². The summed E-state index contributed by atoms with van der Waals surface area (Å²) in [6.45, 7) is 0. The fourth-order valence-corrected chi connectivity index (χ4v) is 3.93. The van der Waals surface area contributed by atoms with E-state index < -0.39 is 0 Å². The second-order valence-corrected chi connectivity index (χ2v) is 5.24. The first-order valence-electron chi connectivity index (χ1n) is 3.34. The van der Waals surface area contributed by atoms with Crippen molar-refractivity contribution in [1.82, 2.24) is 0 Å². The number of hydrogen-bond donors (Lipinski definition) is 0. The maximum absolute atomic E-state index is 3.50. The van der Waals surface area contributed by atoms with Crippen LogP contribution in [-0.4, -0.2) is 14.1 Å². The number of halogens is 3. The summed E-state index contributed by atoms with van der Waals surface area (Å²) in [6, 6.07) is 4.06. The van der Waals surface area contributed by atoms with Gasteiger partial charge in [-0.3, -0.25) is 0 Å². The Morgan fingerprint density at radius 1 is 1.00 bits per heavy atom. The molecule has 0 saturated carbocycles. The summed E-state index contributed by atoms with van der Waals surface area (Å²) in [4.78, 5) is 2.06. The van der Waals surface area contributed by atoms with E-state index in [0.29, 0.717) is 0 Å². The van der Waals surface area contributed by atoms with E-state index in [1.54, 1.807) is 0 Å². The van der Waals surface area contributed by atoms with E-state index >= 15 is 0 Å². The summed E-state index contributed by atoms with van der Waals surface area (Å²) >= 11 is 10.4. The molecular formula is C8H8Br3N. The van der Waals surface area contributed by atoms with Crippen molar-refractivity contribution in [3.05, 3.63) is 25.6 Å². The van der Waals surface area contributed by atoms with Gasteiger partial charge in [0.05, 0.1) is 5.69 Å². The maximum atomic E-state index is 3.50. The monoisotopic (exact) mass is 355 g/mol. The minimum absolute atomic E-state index is 1.06. The molecule has 1 aromatic carbocycles. The smallest absolute Gasteiger partial charge is 0.0650 e. The number of benzene rings is 1. The summed E-state index contributed by atoms with van der Waals surface area (Å²) in [5.74, 6) is 0. The van der Waals surface area contributed by atoms with Gasteiger partial charge in [-0.25, -0.2) is 0 Å². The zero-order valence-electron chi connectivity index (χ0n) is 6.74. The molecule has 1 rings (SSSR count). The van der Waals surface area contributed by atoms with Crippen molar-refractivity contribution >= 4 is 53.5 Å². The van der Waals surface area contributed by atoms with Crippen LogP contribution in [0, 0.1) is 0 Å². The highest BCUT2D eigenvalue weighted by Crippen LogP contribution is 2.35. The molecule has 0 spiro atoms. The molecule has 0 aliphatic rings. The highest BCUT2D eigenvalue weighted by Gasteiger charge is 2.07. The Kier molecular flexibility index (Phi) is 3.61. The van der Waals surface area contributed by atoms with Crippen LogP contribution in [0.3, 0.4) is 0 Å². The minimum atomic E-state index is 1.06. The molecule has 0 aromatic heterocycles. The highest BCUT2D eigenvalue weighted by molar-refractivity contribution is 9.11. The van der Waals surface area contributed by atoms with Crippen molar-refractivity contribution in [2.24, 2.45) is 0 Å². The molecular weight excluding hydrogens is 350 g/mol. The van der Waals surface area contributed by atoms with E-state index in [2.05, 4.69) is 52.7 Å². The molecule has 0 bridgehead atoms. The van der Waals surface area contributed by atoms with E-state index in [4.69, 9.17) is 0 Å². The average molecular weight is 358 g/mol. The zero-order valence-corrected chi connectivity index (χ0v) is 11.5. The Bertz CT molecular complexity index is 273. The first-order chi connectivity index (χ1) is 5.52. The lowest BCUT2D eigenvalue weighted by atomic mass is 10.3. The van der Waals surface area contributed by atoms with Crippen molar-refractivity contribution in [2.45, 2.75) is 0 Å². The number of rotatable bonds is 1. The quantitative estimate of drug-likeness (QED) is 0.733. The topological polar surface area (TPSA) is 3.24 Å². The summed E-state index contributed by atoms with van der Waals surface area (Å²) in [5.41, 5.74) is 1.15. The number of hydrogen-bond acceptors (Lipinski definition) is 1. The van der Waals surface area contributed by atoms with Gasteiger partial charge in [-0.05, 0) is 44.0 Å². The van der Waals surface area contributed by atoms with Crippen LogP contribution >= 0.6 is 47.8 Å². The van der Waals surface area contributed by atoms with Gasteiger partial charge in [0.15, 0.2) is 0 Å². The Balaban J connectivity index is 3.28. The number of nitrogens with zero attached hydrogens (tertiary/aromatic N) is 1. The largest absolute Gasteiger partial charge is 0.376 e. The molecule has 12 heavy (non-hydrogen) atoms. The molecule has 0 aliphatic carbocycles. The van der Waals surface area contributed by atoms with Crippen molar-refractivity contribution in [3.63, 3.8) is 0 Å². The second-order valence-electron chi connectivity index (χ2n) is 2.61. The zero-order chi connectivity index (χ0) is 9.30. The molecule has 1 aromatic rings.